The van der Waals surface area contributed by atoms with E-state index >= 15 is 0 Å². The first-order valence-corrected chi connectivity index (χ1v) is 19.7. The predicted molar refractivity (Wildman–Crippen MR) is 200 cm³/mol. The first kappa shape index (κ1) is 38.8. The molecule has 0 unspecified atom stereocenters. The summed E-state index contributed by atoms with van der Waals surface area (Å²) in [5.74, 6) is 0.822. The summed E-state index contributed by atoms with van der Waals surface area (Å²) >= 11 is 0. The van der Waals surface area contributed by atoms with Crippen molar-refractivity contribution in [1.82, 2.24) is 28.8 Å². The van der Waals surface area contributed by atoms with Gasteiger partial charge in [0.15, 0.2) is 6.73 Å². The molecule has 1 saturated heterocycles. The van der Waals surface area contributed by atoms with Gasteiger partial charge in [-0.3, -0.25) is 19.1 Å². The Labute approximate surface area is 310 Å². The smallest absolute Gasteiger partial charge is 0.418 e. The van der Waals surface area contributed by atoms with E-state index < -0.39 is 28.7 Å². The maximum atomic E-state index is 14.9. The van der Waals surface area contributed by atoms with Crippen molar-refractivity contribution < 1.29 is 22.7 Å². The fourth-order valence-corrected chi connectivity index (χ4v) is 8.40. The predicted octanol–water partition coefficient (Wildman–Crippen LogP) is 9.06. The van der Waals surface area contributed by atoms with Crippen molar-refractivity contribution in [2.45, 2.75) is 135 Å². The molecule has 2 fully saturated rings. The van der Waals surface area contributed by atoms with Crippen LogP contribution < -0.4 is 5.56 Å². The van der Waals surface area contributed by atoms with Crippen LogP contribution in [0.5, 0.6) is 0 Å². The summed E-state index contributed by atoms with van der Waals surface area (Å²) in [5.41, 5.74) is -0.336. The second-order valence-electron chi connectivity index (χ2n) is 15.5. The highest BCUT2D eigenvalue weighted by Crippen LogP contribution is 2.48. The van der Waals surface area contributed by atoms with E-state index in [0.29, 0.717) is 30.3 Å². The summed E-state index contributed by atoms with van der Waals surface area (Å²) in [7, 11) is 1.88. The summed E-state index contributed by atoms with van der Waals surface area (Å²) in [6.45, 7) is 6.00. The number of hydrogen-bond donors (Lipinski definition) is 0. The quantitative estimate of drug-likeness (QED) is 0.0795. The zero-order chi connectivity index (χ0) is 37.6. The lowest BCUT2D eigenvalue weighted by Crippen LogP contribution is -2.38. The summed E-state index contributed by atoms with van der Waals surface area (Å²) in [6.07, 6.45) is 12.8. The van der Waals surface area contributed by atoms with Crippen molar-refractivity contribution in [3.8, 4) is 5.69 Å². The van der Waals surface area contributed by atoms with Gasteiger partial charge in [0, 0.05) is 49.5 Å². The summed E-state index contributed by atoms with van der Waals surface area (Å²) in [6, 6.07) is 8.66. The van der Waals surface area contributed by atoms with Gasteiger partial charge >= 0.3 is 12.1 Å². The second-order valence-corrected chi connectivity index (χ2v) is 15.5. The van der Waals surface area contributed by atoms with Crippen molar-refractivity contribution in [3.05, 3.63) is 75.9 Å². The molecule has 4 aromatic rings. The van der Waals surface area contributed by atoms with Crippen LogP contribution >= 0.6 is 0 Å². The molecule has 0 spiro atoms. The molecule has 0 radical (unpaired) electrons. The lowest BCUT2D eigenvalue weighted by Gasteiger charge is -2.41. The number of carbonyl (C=O) groups is 1. The van der Waals surface area contributed by atoms with Gasteiger partial charge in [-0.15, -0.1) is 10.2 Å². The molecule has 288 valence electrons. The van der Waals surface area contributed by atoms with E-state index in [2.05, 4.69) is 28.9 Å². The zero-order valence-corrected chi connectivity index (χ0v) is 31.6. The van der Waals surface area contributed by atoms with Crippen molar-refractivity contribution >= 4 is 16.9 Å². The van der Waals surface area contributed by atoms with Gasteiger partial charge in [0.2, 0.25) is 0 Å². The topological polar surface area (TPSA) is 87.2 Å². The number of halogens is 3. The molecular weight excluding hydrogens is 681 g/mol. The Morgan fingerprint density at radius 1 is 1.02 bits per heavy atom. The summed E-state index contributed by atoms with van der Waals surface area (Å²) < 4.78 is 55.0. The van der Waals surface area contributed by atoms with E-state index in [1.165, 1.54) is 42.7 Å². The van der Waals surface area contributed by atoms with Crippen molar-refractivity contribution in [2.24, 2.45) is 13.0 Å². The maximum absolute atomic E-state index is 14.9. The number of aryl methyl sites for hydroxylation is 1. The van der Waals surface area contributed by atoms with Gasteiger partial charge in [-0.2, -0.15) is 13.2 Å². The molecule has 4 heterocycles. The SMILES string of the molecule is CCCCCCCCCCCC(=O)OCn1c(CN2CCC[C@H](C)C2)cc2c(C(F)(F)F)cn(-c3cccc(C4(c5nncn5C)CCC4)c3)c(=O)c21. The molecule has 0 bridgehead atoms. The number of esters is 1. The minimum atomic E-state index is -4.74. The Kier molecular flexibility index (Phi) is 12.5. The van der Waals surface area contributed by atoms with Crippen LogP contribution in [-0.4, -0.2) is 47.9 Å². The number of aromatic nitrogens is 5. The third kappa shape index (κ3) is 8.74. The van der Waals surface area contributed by atoms with Crippen LogP contribution in [0.25, 0.3) is 16.6 Å². The standard InChI is InChI=1S/C41H55F3N6O3/c1-4-5-6-7-8-9-10-11-12-19-36(51)53-29-50-33(26-48-22-14-16-30(2)25-48)24-34-35(41(42,43)44)27-49(38(52)37(34)50)32-18-13-17-31(23-32)40(20-15-21-40)39-46-45-28-47(39)3/h13,17-18,23-24,27-28,30H,4-12,14-16,19-22,25-26,29H2,1-3H3/t30-/m0/s1. The zero-order valence-electron chi connectivity index (χ0n) is 31.6. The minimum absolute atomic E-state index is 0.118. The number of alkyl halides is 3. The van der Waals surface area contributed by atoms with Gasteiger partial charge in [0.05, 0.1) is 11.0 Å². The fourth-order valence-electron chi connectivity index (χ4n) is 8.40. The van der Waals surface area contributed by atoms with Crippen LogP contribution in [0.2, 0.25) is 0 Å². The van der Waals surface area contributed by atoms with Gasteiger partial charge in [-0.1, -0.05) is 83.8 Å². The number of ether oxygens (including phenoxy) is 1. The van der Waals surface area contributed by atoms with Gasteiger partial charge in [-0.05, 0) is 68.3 Å². The normalized spacial score (nSPS) is 17.7. The van der Waals surface area contributed by atoms with Gasteiger partial charge in [0.1, 0.15) is 17.7 Å². The fraction of sp³-hybridized carbons (Fsp3) is 0.610. The highest BCUT2D eigenvalue weighted by molar-refractivity contribution is 5.85. The average Bonchev–Trinajstić information content (AvgIpc) is 3.69. The third-order valence-electron chi connectivity index (χ3n) is 11.4. The average molecular weight is 737 g/mol. The van der Waals surface area contributed by atoms with E-state index in [1.807, 2.05) is 17.7 Å². The molecule has 2 aliphatic rings. The van der Waals surface area contributed by atoms with Crippen molar-refractivity contribution in [2.75, 3.05) is 13.1 Å². The van der Waals surface area contributed by atoms with Crippen LogP contribution in [0.1, 0.15) is 133 Å². The van der Waals surface area contributed by atoms with Crippen LogP contribution in [0.15, 0.2) is 47.7 Å². The van der Waals surface area contributed by atoms with Crippen LogP contribution in [0.3, 0.4) is 0 Å². The van der Waals surface area contributed by atoms with Gasteiger partial charge < -0.3 is 13.9 Å². The summed E-state index contributed by atoms with van der Waals surface area (Å²) in [5, 5.41) is 8.29. The van der Waals surface area contributed by atoms with Crippen molar-refractivity contribution in [1.29, 1.82) is 0 Å². The third-order valence-corrected chi connectivity index (χ3v) is 11.4. The molecule has 53 heavy (non-hydrogen) atoms. The lowest BCUT2D eigenvalue weighted by atomic mass is 9.63. The largest absolute Gasteiger partial charge is 0.444 e. The van der Waals surface area contributed by atoms with E-state index in [0.717, 1.165) is 86.6 Å². The molecule has 1 aliphatic carbocycles. The first-order chi connectivity index (χ1) is 25.5. The Morgan fingerprint density at radius 2 is 1.75 bits per heavy atom. The molecule has 1 saturated carbocycles. The molecule has 3 aromatic heterocycles. The van der Waals surface area contributed by atoms with E-state index in [1.54, 1.807) is 24.5 Å². The van der Waals surface area contributed by atoms with Crippen LogP contribution in [-0.2, 0) is 41.4 Å². The molecular formula is C41H55F3N6O3. The summed E-state index contributed by atoms with van der Waals surface area (Å²) in [4.78, 5) is 29.7. The number of fused-ring (bicyclic) bond motifs is 1. The number of rotatable bonds is 17. The lowest BCUT2D eigenvalue weighted by molar-refractivity contribution is -0.147. The Balaban J connectivity index is 1.32. The molecule has 12 heteroatoms. The number of benzene rings is 1. The van der Waals surface area contributed by atoms with Crippen LogP contribution in [0, 0.1) is 5.92 Å². The van der Waals surface area contributed by atoms with Gasteiger partial charge in [-0.25, -0.2) is 0 Å². The number of piperidine rings is 1. The molecule has 0 N–H and O–H groups in total. The Hall–Kier alpha value is -3.93. The Bertz CT molecular complexity index is 1910. The second kappa shape index (κ2) is 17.0. The molecule has 1 aromatic carbocycles. The highest BCUT2D eigenvalue weighted by atomic mass is 19.4. The molecule has 1 atom stereocenters. The number of carbonyl (C=O) groups excluding carboxylic acids is 1. The number of nitrogens with zero attached hydrogens (tertiary/aromatic N) is 6. The van der Waals surface area contributed by atoms with E-state index in [4.69, 9.17) is 4.74 Å². The van der Waals surface area contributed by atoms with Crippen molar-refractivity contribution in [3.63, 3.8) is 0 Å². The molecule has 6 rings (SSSR count). The highest BCUT2D eigenvalue weighted by Gasteiger charge is 2.44. The monoisotopic (exact) mass is 736 g/mol. The molecule has 0 amide bonds. The molecule has 9 nitrogen and oxygen atoms in total. The van der Waals surface area contributed by atoms with Gasteiger partial charge in [0.25, 0.3) is 5.56 Å². The number of hydrogen-bond acceptors (Lipinski definition) is 6. The van der Waals surface area contributed by atoms with Crippen LogP contribution in [0.4, 0.5) is 13.2 Å². The minimum Gasteiger partial charge on any atom is -0.444 e. The number of unbranched alkanes of at least 4 members (excludes halogenated alkanes) is 8. The first-order valence-electron chi connectivity index (χ1n) is 19.7. The number of likely N-dealkylation sites (tertiary alicyclic amines) is 1. The maximum Gasteiger partial charge on any atom is 0.418 e. The van der Waals surface area contributed by atoms with E-state index in [9.17, 15) is 22.8 Å². The van der Waals surface area contributed by atoms with E-state index in [-0.39, 0.29) is 24.1 Å². The molecule has 1 aliphatic heterocycles. The number of pyridine rings is 1. The Morgan fingerprint density at radius 3 is 2.40 bits per heavy atom.